The van der Waals surface area contributed by atoms with Crippen molar-refractivity contribution in [1.82, 2.24) is 5.32 Å². The van der Waals surface area contributed by atoms with Gasteiger partial charge < -0.3 is 14.8 Å². The van der Waals surface area contributed by atoms with E-state index in [1.165, 1.54) is 16.7 Å². The van der Waals surface area contributed by atoms with Gasteiger partial charge >= 0.3 is 0 Å². The van der Waals surface area contributed by atoms with Crippen LogP contribution in [-0.4, -0.2) is 32.4 Å². The van der Waals surface area contributed by atoms with Gasteiger partial charge in [-0.25, -0.2) is 0 Å². The summed E-state index contributed by atoms with van der Waals surface area (Å²) in [6.45, 7) is 9.68. The smallest absolute Gasteiger partial charge is 0.122 e. The van der Waals surface area contributed by atoms with Crippen LogP contribution in [0.2, 0.25) is 0 Å². The lowest BCUT2D eigenvalue weighted by Crippen LogP contribution is -2.42. The Kier molecular flexibility index (Phi) is 4.61. The van der Waals surface area contributed by atoms with Crippen LogP contribution in [-0.2, 0) is 4.74 Å². The van der Waals surface area contributed by atoms with E-state index in [1.807, 2.05) is 0 Å². The number of aryl methyl sites for hydroxylation is 3. The second-order valence-corrected chi connectivity index (χ2v) is 5.07. The first kappa shape index (κ1) is 13.4. The molecule has 1 aromatic rings. The van der Waals surface area contributed by atoms with E-state index >= 15 is 0 Å². The summed E-state index contributed by atoms with van der Waals surface area (Å²) in [6.07, 6.45) is 0.992. The van der Waals surface area contributed by atoms with E-state index in [1.54, 1.807) is 0 Å². The molecule has 0 bridgehead atoms. The summed E-state index contributed by atoms with van der Waals surface area (Å²) < 4.78 is 11.3. The number of morpholine rings is 1. The first-order chi connectivity index (χ1) is 8.66. The van der Waals surface area contributed by atoms with Gasteiger partial charge in [-0.3, -0.25) is 0 Å². The van der Waals surface area contributed by atoms with Gasteiger partial charge in [0, 0.05) is 12.6 Å². The molecule has 1 unspecified atom stereocenters. The van der Waals surface area contributed by atoms with Gasteiger partial charge in [0.1, 0.15) is 5.75 Å². The van der Waals surface area contributed by atoms with Crippen LogP contribution in [0.3, 0.4) is 0 Å². The van der Waals surface area contributed by atoms with Crippen molar-refractivity contribution >= 4 is 0 Å². The highest BCUT2D eigenvalue weighted by Gasteiger charge is 2.13. The second-order valence-electron chi connectivity index (χ2n) is 5.07. The molecule has 1 heterocycles. The molecular weight excluding hydrogens is 226 g/mol. The fraction of sp³-hybridized carbons (Fsp3) is 0.600. The van der Waals surface area contributed by atoms with Gasteiger partial charge in [0.25, 0.3) is 0 Å². The maximum absolute atomic E-state index is 5.88. The molecular formula is C15H23NO2. The summed E-state index contributed by atoms with van der Waals surface area (Å²) in [5.41, 5.74) is 3.82. The van der Waals surface area contributed by atoms with Crippen LogP contribution in [0.5, 0.6) is 5.75 Å². The molecule has 1 fully saturated rings. The van der Waals surface area contributed by atoms with Gasteiger partial charge in [0.2, 0.25) is 0 Å². The van der Waals surface area contributed by atoms with Gasteiger partial charge in [0.05, 0.1) is 19.8 Å². The molecule has 1 saturated heterocycles. The van der Waals surface area contributed by atoms with Crippen LogP contribution < -0.4 is 10.1 Å². The Bertz CT molecular complexity index is 398. The Hall–Kier alpha value is -1.06. The van der Waals surface area contributed by atoms with E-state index in [4.69, 9.17) is 9.47 Å². The zero-order chi connectivity index (χ0) is 13.0. The predicted octanol–water partition coefficient (Wildman–Crippen LogP) is 2.37. The van der Waals surface area contributed by atoms with Gasteiger partial charge in [0.15, 0.2) is 0 Å². The minimum absolute atomic E-state index is 0.436. The zero-order valence-corrected chi connectivity index (χ0v) is 11.6. The first-order valence-electron chi connectivity index (χ1n) is 6.68. The highest BCUT2D eigenvalue weighted by molar-refractivity contribution is 5.40. The summed E-state index contributed by atoms with van der Waals surface area (Å²) in [5.74, 6) is 1.01. The highest BCUT2D eigenvalue weighted by Crippen LogP contribution is 2.22. The van der Waals surface area contributed by atoms with Crippen molar-refractivity contribution in [3.05, 3.63) is 28.8 Å². The van der Waals surface area contributed by atoms with Crippen molar-refractivity contribution in [2.75, 3.05) is 26.4 Å². The molecule has 1 aliphatic rings. The van der Waals surface area contributed by atoms with Crippen LogP contribution in [0.4, 0.5) is 0 Å². The summed E-state index contributed by atoms with van der Waals surface area (Å²) in [6, 6.07) is 4.76. The van der Waals surface area contributed by atoms with Crippen LogP contribution >= 0.6 is 0 Å². The first-order valence-corrected chi connectivity index (χ1v) is 6.68. The molecule has 0 aliphatic carbocycles. The van der Waals surface area contributed by atoms with Crippen molar-refractivity contribution in [2.24, 2.45) is 0 Å². The number of hydrogen-bond donors (Lipinski definition) is 1. The zero-order valence-electron chi connectivity index (χ0n) is 11.6. The van der Waals surface area contributed by atoms with E-state index in [0.717, 1.165) is 38.5 Å². The number of nitrogens with one attached hydrogen (secondary N) is 1. The number of ether oxygens (including phenoxy) is 2. The van der Waals surface area contributed by atoms with Crippen molar-refractivity contribution in [1.29, 1.82) is 0 Å². The van der Waals surface area contributed by atoms with Crippen molar-refractivity contribution in [3.63, 3.8) is 0 Å². The average molecular weight is 249 g/mol. The number of hydrogen-bond acceptors (Lipinski definition) is 3. The minimum atomic E-state index is 0.436. The lowest BCUT2D eigenvalue weighted by Gasteiger charge is -2.23. The lowest BCUT2D eigenvalue weighted by molar-refractivity contribution is 0.0691. The molecule has 0 radical (unpaired) electrons. The molecule has 18 heavy (non-hydrogen) atoms. The Labute approximate surface area is 109 Å². The van der Waals surface area contributed by atoms with E-state index in [0.29, 0.717) is 6.04 Å². The maximum Gasteiger partial charge on any atom is 0.122 e. The standard InChI is InChI=1S/C15H23NO2/c1-11-8-13(3)15(9-12(11)2)18-6-4-14-10-17-7-5-16-14/h8-9,14,16H,4-7,10H2,1-3H3. The third-order valence-corrected chi connectivity index (χ3v) is 3.51. The highest BCUT2D eigenvalue weighted by atomic mass is 16.5. The molecule has 0 spiro atoms. The Morgan fingerprint density at radius 3 is 2.72 bits per heavy atom. The molecule has 0 aromatic heterocycles. The second kappa shape index (κ2) is 6.21. The fourth-order valence-corrected chi connectivity index (χ4v) is 2.21. The van der Waals surface area contributed by atoms with E-state index in [-0.39, 0.29) is 0 Å². The minimum Gasteiger partial charge on any atom is -0.493 e. The third kappa shape index (κ3) is 3.47. The van der Waals surface area contributed by atoms with Gasteiger partial charge in [-0.15, -0.1) is 0 Å². The van der Waals surface area contributed by atoms with Crippen LogP contribution in [0.15, 0.2) is 12.1 Å². The molecule has 3 nitrogen and oxygen atoms in total. The van der Waals surface area contributed by atoms with E-state index < -0.39 is 0 Å². The van der Waals surface area contributed by atoms with E-state index in [2.05, 4.69) is 38.2 Å². The summed E-state index contributed by atoms with van der Waals surface area (Å²) in [4.78, 5) is 0. The topological polar surface area (TPSA) is 30.5 Å². The fourth-order valence-electron chi connectivity index (χ4n) is 2.21. The molecule has 1 aliphatic heterocycles. The van der Waals surface area contributed by atoms with Crippen molar-refractivity contribution in [2.45, 2.75) is 33.2 Å². The molecule has 1 aromatic carbocycles. The number of benzene rings is 1. The Morgan fingerprint density at radius 1 is 1.22 bits per heavy atom. The van der Waals surface area contributed by atoms with E-state index in [9.17, 15) is 0 Å². The maximum atomic E-state index is 5.88. The SMILES string of the molecule is Cc1cc(C)c(OCCC2COCCN2)cc1C. The van der Waals surface area contributed by atoms with Crippen LogP contribution in [0.25, 0.3) is 0 Å². The quantitative estimate of drug-likeness (QED) is 0.888. The average Bonchev–Trinajstić information content (AvgIpc) is 2.37. The van der Waals surface area contributed by atoms with Crippen molar-refractivity contribution < 1.29 is 9.47 Å². The molecule has 2 rings (SSSR count). The molecule has 0 amide bonds. The van der Waals surface area contributed by atoms with Gasteiger partial charge in [-0.05, 0) is 49.9 Å². The van der Waals surface area contributed by atoms with Crippen LogP contribution in [0, 0.1) is 20.8 Å². The Balaban J connectivity index is 1.84. The normalized spacial score (nSPS) is 19.8. The number of rotatable bonds is 4. The summed E-state index contributed by atoms with van der Waals surface area (Å²) in [5, 5.41) is 3.44. The Morgan fingerprint density at radius 2 is 2.00 bits per heavy atom. The van der Waals surface area contributed by atoms with Crippen molar-refractivity contribution in [3.8, 4) is 5.75 Å². The molecule has 1 N–H and O–H groups in total. The lowest BCUT2D eigenvalue weighted by atomic mass is 10.1. The molecule has 100 valence electrons. The molecule has 0 saturated carbocycles. The molecule has 1 atom stereocenters. The van der Waals surface area contributed by atoms with Gasteiger partial charge in [-0.1, -0.05) is 6.07 Å². The summed E-state index contributed by atoms with van der Waals surface area (Å²) >= 11 is 0. The largest absolute Gasteiger partial charge is 0.493 e. The molecule has 3 heteroatoms. The third-order valence-electron chi connectivity index (χ3n) is 3.51. The summed E-state index contributed by atoms with van der Waals surface area (Å²) in [7, 11) is 0. The predicted molar refractivity (Wildman–Crippen MR) is 73.4 cm³/mol. The van der Waals surface area contributed by atoms with Crippen LogP contribution in [0.1, 0.15) is 23.1 Å². The van der Waals surface area contributed by atoms with Gasteiger partial charge in [-0.2, -0.15) is 0 Å². The monoisotopic (exact) mass is 249 g/mol.